The van der Waals surface area contributed by atoms with Crippen molar-refractivity contribution in [1.29, 1.82) is 0 Å². The van der Waals surface area contributed by atoms with Gasteiger partial charge < -0.3 is 28.7 Å². The van der Waals surface area contributed by atoms with E-state index in [1.807, 2.05) is 30.5 Å². The number of carbonyl (C=O) groups excluding carboxylic acids is 4. The highest BCUT2D eigenvalue weighted by molar-refractivity contribution is 5.83. The first-order valence-corrected chi connectivity index (χ1v) is 12.0. The van der Waals surface area contributed by atoms with E-state index in [4.69, 9.17) is 23.7 Å². The van der Waals surface area contributed by atoms with Crippen molar-refractivity contribution in [3.8, 4) is 0 Å². The highest BCUT2D eigenvalue weighted by Crippen LogP contribution is 2.32. The van der Waals surface area contributed by atoms with E-state index in [0.717, 1.165) is 16.5 Å². The van der Waals surface area contributed by atoms with Gasteiger partial charge in [0.1, 0.15) is 6.10 Å². The number of benzene rings is 1. The number of carbonyl (C=O) groups is 4. The summed E-state index contributed by atoms with van der Waals surface area (Å²) >= 11 is 0. The Morgan fingerprint density at radius 2 is 1.50 bits per heavy atom. The molecule has 1 aliphatic heterocycles. The minimum Gasteiger partial charge on any atom is -0.447 e. The fraction of sp³-hybridized carbons (Fsp3) is 0.462. The molecule has 0 aliphatic carbocycles. The second-order valence-electron chi connectivity index (χ2n) is 8.14. The van der Waals surface area contributed by atoms with Crippen molar-refractivity contribution in [3.05, 3.63) is 47.5 Å². The predicted octanol–water partition coefficient (Wildman–Crippen LogP) is 3.83. The number of nitrogens with one attached hydrogen (secondary N) is 1. The summed E-state index contributed by atoms with van der Waals surface area (Å²) in [4.78, 5) is 52.3. The molecular weight excluding hydrogens is 470 g/mol. The third-order valence-corrected chi connectivity index (χ3v) is 5.55. The number of para-hydroxylation sites is 1. The third kappa shape index (κ3) is 6.51. The molecule has 3 rings (SSSR count). The molecule has 2 aromatic rings. The molecule has 1 aromatic carbocycles. The average Bonchev–Trinajstić information content (AvgIpc) is 3.29. The lowest BCUT2D eigenvalue weighted by molar-refractivity contribution is -0.232. The molecule has 0 saturated heterocycles. The second-order valence-corrected chi connectivity index (χ2v) is 8.14. The molecule has 0 radical (unpaired) electrons. The summed E-state index contributed by atoms with van der Waals surface area (Å²) in [7, 11) is 0. The topological polar surface area (TPSA) is 130 Å². The number of fused-ring (bicyclic) bond motifs is 1. The molecule has 3 atom stereocenters. The van der Waals surface area contributed by atoms with Gasteiger partial charge in [0.05, 0.1) is 0 Å². The maximum atomic E-state index is 12.8. The van der Waals surface area contributed by atoms with Gasteiger partial charge in [0.15, 0.2) is 11.5 Å². The van der Waals surface area contributed by atoms with Crippen LogP contribution in [-0.2, 0) is 49.3 Å². The van der Waals surface area contributed by atoms with Crippen molar-refractivity contribution in [1.82, 2.24) is 4.98 Å². The van der Waals surface area contributed by atoms with Gasteiger partial charge in [-0.05, 0) is 25.0 Å². The van der Waals surface area contributed by atoms with Gasteiger partial charge in [-0.1, -0.05) is 39.0 Å². The standard InChI is InChI=1S/C26H31NO9/c1-5-19(28)33-23-15(4)32-26(25(35-21(30)7-3)24(23)34-20(29)6-2)36-22(31)13-12-16-14-27-18-11-9-8-10-17(16)18/h8-11,14-15,25-27H,5-7,12-13H2,1-4H3/t15-,25-,26-/m0/s1. The Balaban J connectivity index is 1.83. The number of H-pyrrole nitrogens is 1. The molecule has 0 unspecified atom stereocenters. The third-order valence-electron chi connectivity index (χ3n) is 5.55. The van der Waals surface area contributed by atoms with Crippen LogP contribution in [0.2, 0.25) is 0 Å². The van der Waals surface area contributed by atoms with Crippen LogP contribution < -0.4 is 0 Å². The number of aromatic nitrogens is 1. The molecule has 0 saturated carbocycles. The number of hydrogen-bond acceptors (Lipinski definition) is 9. The number of rotatable bonds is 10. The van der Waals surface area contributed by atoms with E-state index in [1.165, 1.54) is 0 Å². The van der Waals surface area contributed by atoms with Gasteiger partial charge >= 0.3 is 23.9 Å². The Morgan fingerprint density at radius 3 is 2.17 bits per heavy atom. The van der Waals surface area contributed by atoms with Crippen LogP contribution in [0.4, 0.5) is 0 Å². The first kappa shape index (κ1) is 26.9. The maximum Gasteiger partial charge on any atom is 0.310 e. The Labute approximate surface area is 208 Å². The van der Waals surface area contributed by atoms with Crippen molar-refractivity contribution >= 4 is 34.8 Å². The average molecular weight is 502 g/mol. The lowest BCUT2D eigenvalue weighted by Crippen LogP contribution is -2.47. The summed E-state index contributed by atoms with van der Waals surface area (Å²) in [5, 5.41) is 1.00. The van der Waals surface area contributed by atoms with Crippen molar-refractivity contribution < 1.29 is 42.9 Å². The number of aryl methyl sites for hydroxylation is 1. The van der Waals surface area contributed by atoms with Crippen LogP contribution in [0.3, 0.4) is 0 Å². The van der Waals surface area contributed by atoms with Crippen molar-refractivity contribution in [2.24, 2.45) is 0 Å². The van der Waals surface area contributed by atoms with Crippen LogP contribution in [0.1, 0.15) is 58.9 Å². The van der Waals surface area contributed by atoms with Crippen LogP contribution in [0.15, 0.2) is 42.0 Å². The number of ether oxygens (including phenoxy) is 5. The van der Waals surface area contributed by atoms with Gasteiger partial charge in [0.2, 0.25) is 12.4 Å². The molecule has 10 nitrogen and oxygen atoms in total. The van der Waals surface area contributed by atoms with Crippen LogP contribution in [0.5, 0.6) is 0 Å². The van der Waals surface area contributed by atoms with Crippen molar-refractivity contribution in [2.45, 2.75) is 78.3 Å². The Bertz CT molecular complexity index is 1150. The molecule has 1 N–H and O–H groups in total. The SMILES string of the molecule is CCC(=O)OC1=C(OC(=O)CC)[C@H](OC(=O)CC)[C@H](OC(=O)CCc2c[nH]c3ccccc23)O[C@H]1C. The van der Waals surface area contributed by atoms with Gasteiger partial charge in [-0.25, -0.2) is 0 Å². The van der Waals surface area contributed by atoms with Crippen LogP contribution >= 0.6 is 0 Å². The van der Waals surface area contributed by atoms with Gasteiger partial charge in [-0.2, -0.15) is 0 Å². The van der Waals surface area contributed by atoms with Crippen LogP contribution in [-0.4, -0.2) is 47.4 Å². The lowest BCUT2D eigenvalue weighted by Gasteiger charge is -2.35. The molecule has 194 valence electrons. The molecule has 0 spiro atoms. The molecule has 0 fully saturated rings. The van der Waals surface area contributed by atoms with E-state index in [1.54, 1.807) is 27.7 Å². The second kappa shape index (κ2) is 12.3. The highest BCUT2D eigenvalue weighted by atomic mass is 16.7. The molecular formula is C26H31NO9. The zero-order chi connectivity index (χ0) is 26.2. The monoisotopic (exact) mass is 501 g/mol. The van der Waals surface area contributed by atoms with E-state index in [9.17, 15) is 19.2 Å². The maximum absolute atomic E-state index is 12.8. The quantitative estimate of drug-likeness (QED) is 0.381. The van der Waals surface area contributed by atoms with Gasteiger partial charge in [0.25, 0.3) is 0 Å². The summed E-state index contributed by atoms with van der Waals surface area (Å²) < 4.78 is 27.5. The summed E-state index contributed by atoms with van der Waals surface area (Å²) in [5.74, 6) is -2.83. The highest BCUT2D eigenvalue weighted by Gasteiger charge is 2.45. The largest absolute Gasteiger partial charge is 0.447 e. The molecule has 1 aliphatic rings. The van der Waals surface area contributed by atoms with Gasteiger partial charge in [-0.3, -0.25) is 19.2 Å². The predicted molar refractivity (Wildman–Crippen MR) is 127 cm³/mol. The first-order valence-electron chi connectivity index (χ1n) is 12.0. The number of hydrogen-bond donors (Lipinski definition) is 1. The van der Waals surface area contributed by atoms with E-state index >= 15 is 0 Å². The normalized spacial score (nSPS) is 19.6. The smallest absolute Gasteiger partial charge is 0.310 e. The fourth-order valence-corrected chi connectivity index (χ4v) is 3.62. The molecule has 1 aromatic heterocycles. The van der Waals surface area contributed by atoms with E-state index < -0.39 is 42.4 Å². The molecule has 36 heavy (non-hydrogen) atoms. The molecule has 10 heteroatoms. The van der Waals surface area contributed by atoms with Gasteiger partial charge in [-0.15, -0.1) is 0 Å². The zero-order valence-corrected chi connectivity index (χ0v) is 20.8. The lowest BCUT2D eigenvalue weighted by atomic mass is 10.1. The van der Waals surface area contributed by atoms with E-state index in [0.29, 0.717) is 6.42 Å². The zero-order valence-electron chi connectivity index (χ0n) is 20.8. The summed E-state index contributed by atoms with van der Waals surface area (Å²) in [6.45, 7) is 6.31. The van der Waals surface area contributed by atoms with Crippen LogP contribution in [0, 0.1) is 0 Å². The fourth-order valence-electron chi connectivity index (χ4n) is 3.62. The molecule has 0 amide bonds. The van der Waals surface area contributed by atoms with Crippen molar-refractivity contribution in [2.75, 3.05) is 0 Å². The van der Waals surface area contributed by atoms with Crippen LogP contribution in [0.25, 0.3) is 10.9 Å². The summed E-state index contributed by atoms with van der Waals surface area (Å²) in [5.41, 5.74) is 1.90. The molecule has 0 bridgehead atoms. The summed E-state index contributed by atoms with van der Waals surface area (Å²) in [6.07, 6.45) is -1.44. The minimum atomic E-state index is -1.43. The summed E-state index contributed by atoms with van der Waals surface area (Å²) in [6, 6.07) is 7.72. The Morgan fingerprint density at radius 1 is 0.861 bits per heavy atom. The van der Waals surface area contributed by atoms with Crippen molar-refractivity contribution in [3.63, 3.8) is 0 Å². The number of aromatic amines is 1. The Hall–Kier alpha value is -3.66. The Kier molecular flexibility index (Phi) is 9.24. The number of esters is 4. The van der Waals surface area contributed by atoms with Gasteiger partial charge in [0, 0.05) is 42.8 Å². The van der Waals surface area contributed by atoms with E-state index in [2.05, 4.69) is 4.98 Å². The first-order chi connectivity index (χ1) is 17.3. The minimum absolute atomic E-state index is 0.00632. The van der Waals surface area contributed by atoms with E-state index in [-0.39, 0.29) is 37.2 Å². The molecule has 2 heterocycles.